The largest absolute Gasteiger partial charge is 0.467 e. The van der Waals surface area contributed by atoms with E-state index in [2.05, 4.69) is 10.6 Å². The summed E-state index contributed by atoms with van der Waals surface area (Å²) in [5.74, 6) is -0.422. The Kier molecular flexibility index (Phi) is 7.94. The minimum absolute atomic E-state index is 0.0331. The van der Waals surface area contributed by atoms with Crippen LogP contribution in [0.25, 0.3) is 0 Å². The molecule has 0 saturated heterocycles. The van der Waals surface area contributed by atoms with E-state index < -0.39 is 11.8 Å². The number of imide groups is 1. The maximum atomic E-state index is 13.5. The van der Waals surface area contributed by atoms with Gasteiger partial charge in [0.25, 0.3) is 11.8 Å². The van der Waals surface area contributed by atoms with Gasteiger partial charge in [0, 0.05) is 22.7 Å². The molecule has 0 fully saturated rings. The molecule has 1 aliphatic heterocycles. The van der Waals surface area contributed by atoms with Crippen LogP contribution in [-0.4, -0.2) is 22.6 Å². The second-order valence-electron chi connectivity index (χ2n) is 9.13. The maximum Gasteiger partial charge on any atom is 0.278 e. The molecule has 4 aromatic rings. The van der Waals surface area contributed by atoms with Crippen molar-refractivity contribution in [3.8, 4) is 0 Å². The van der Waals surface area contributed by atoms with Crippen molar-refractivity contribution in [2.75, 3.05) is 10.6 Å². The van der Waals surface area contributed by atoms with E-state index in [1.807, 2.05) is 73.7 Å². The maximum absolute atomic E-state index is 13.5. The minimum atomic E-state index is -0.426. The molecular weight excluding hydrogens is 510 g/mol. The number of nitrogens with one attached hydrogen (secondary N) is 2. The molecule has 0 radical (unpaired) electrons. The van der Waals surface area contributed by atoms with Crippen molar-refractivity contribution in [1.82, 2.24) is 4.90 Å². The van der Waals surface area contributed by atoms with E-state index in [4.69, 9.17) is 4.42 Å². The Labute approximate surface area is 230 Å². The van der Waals surface area contributed by atoms with Crippen LogP contribution in [0, 0.1) is 6.92 Å². The zero-order valence-electron chi connectivity index (χ0n) is 21.3. The summed E-state index contributed by atoms with van der Waals surface area (Å²) in [6.45, 7) is 2.01. The van der Waals surface area contributed by atoms with Gasteiger partial charge in [-0.3, -0.25) is 19.3 Å². The second kappa shape index (κ2) is 11.9. The number of amides is 3. The van der Waals surface area contributed by atoms with Gasteiger partial charge in [0.2, 0.25) is 5.91 Å². The molecule has 8 heteroatoms. The SMILES string of the molecule is Cc1ccc(NC2=C(Sc3cccc(NC(=O)CCc4ccccc4)c3)C(=O)N(Cc3ccco3)C2=O)cc1. The predicted molar refractivity (Wildman–Crippen MR) is 152 cm³/mol. The monoisotopic (exact) mass is 537 g/mol. The number of anilines is 2. The molecule has 0 bridgehead atoms. The lowest BCUT2D eigenvalue weighted by molar-refractivity contribution is -0.138. The summed E-state index contributed by atoms with van der Waals surface area (Å²) in [6, 6.07) is 28.1. The third-order valence-electron chi connectivity index (χ3n) is 6.16. The van der Waals surface area contributed by atoms with Gasteiger partial charge in [-0.15, -0.1) is 0 Å². The lowest BCUT2D eigenvalue weighted by Gasteiger charge is -2.13. The Morgan fingerprint density at radius 2 is 1.67 bits per heavy atom. The van der Waals surface area contributed by atoms with Gasteiger partial charge in [-0.2, -0.15) is 0 Å². The number of aryl methyl sites for hydroxylation is 2. The summed E-state index contributed by atoms with van der Waals surface area (Å²) >= 11 is 1.18. The molecule has 5 rings (SSSR count). The van der Waals surface area contributed by atoms with Crippen LogP contribution in [0.2, 0.25) is 0 Å². The molecule has 2 N–H and O–H groups in total. The summed E-state index contributed by atoms with van der Waals surface area (Å²) in [5, 5.41) is 6.09. The standard InChI is InChI=1S/C31H27N3O4S/c1-21-12-15-23(16-13-21)33-28-29(31(37)34(30(28)36)20-25-10-6-18-38-25)39-26-11-5-9-24(19-26)32-27(35)17-14-22-7-3-2-4-8-22/h2-13,15-16,18-19,33H,14,17,20H2,1H3,(H,32,35). The smallest absolute Gasteiger partial charge is 0.278 e. The molecule has 0 aliphatic carbocycles. The fourth-order valence-electron chi connectivity index (χ4n) is 4.12. The summed E-state index contributed by atoms with van der Waals surface area (Å²) < 4.78 is 5.38. The highest BCUT2D eigenvalue weighted by atomic mass is 32.2. The van der Waals surface area contributed by atoms with Crippen LogP contribution >= 0.6 is 11.8 Å². The van der Waals surface area contributed by atoms with Crippen molar-refractivity contribution in [3.05, 3.63) is 125 Å². The third-order valence-corrected chi connectivity index (χ3v) is 7.23. The molecule has 2 heterocycles. The van der Waals surface area contributed by atoms with Crippen molar-refractivity contribution in [3.63, 3.8) is 0 Å². The average Bonchev–Trinajstić information content (AvgIpc) is 3.53. The fourth-order valence-corrected chi connectivity index (χ4v) is 5.13. The van der Waals surface area contributed by atoms with Gasteiger partial charge in [-0.1, -0.05) is 65.9 Å². The Morgan fingerprint density at radius 1 is 0.872 bits per heavy atom. The number of thioether (sulfide) groups is 1. The molecule has 7 nitrogen and oxygen atoms in total. The molecule has 0 unspecified atom stereocenters. The first-order valence-corrected chi connectivity index (χ1v) is 13.4. The van der Waals surface area contributed by atoms with Crippen molar-refractivity contribution < 1.29 is 18.8 Å². The lowest BCUT2D eigenvalue weighted by Crippen LogP contribution is -2.31. The predicted octanol–water partition coefficient (Wildman–Crippen LogP) is 6.14. The Morgan fingerprint density at radius 3 is 2.41 bits per heavy atom. The quantitative estimate of drug-likeness (QED) is 0.236. The Balaban J connectivity index is 1.34. The van der Waals surface area contributed by atoms with Crippen LogP contribution in [0.4, 0.5) is 11.4 Å². The first-order valence-electron chi connectivity index (χ1n) is 12.5. The molecule has 3 aromatic carbocycles. The molecule has 0 saturated carbocycles. The van der Waals surface area contributed by atoms with Gasteiger partial charge in [0.15, 0.2) is 0 Å². The molecule has 196 valence electrons. The van der Waals surface area contributed by atoms with Crippen LogP contribution in [-0.2, 0) is 27.3 Å². The summed E-state index contributed by atoms with van der Waals surface area (Å²) in [6.07, 6.45) is 2.50. The van der Waals surface area contributed by atoms with E-state index in [-0.39, 0.29) is 23.1 Å². The molecule has 0 atom stereocenters. The highest BCUT2D eigenvalue weighted by Crippen LogP contribution is 2.37. The summed E-state index contributed by atoms with van der Waals surface area (Å²) in [7, 11) is 0. The number of carbonyl (C=O) groups excluding carboxylic acids is 3. The van der Waals surface area contributed by atoms with Crippen molar-refractivity contribution in [1.29, 1.82) is 0 Å². The molecular formula is C31H27N3O4S. The second-order valence-corrected chi connectivity index (χ2v) is 10.2. The van der Waals surface area contributed by atoms with Crippen LogP contribution in [0.3, 0.4) is 0 Å². The molecule has 0 spiro atoms. The number of carbonyl (C=O) groups is 3. The molecule has 39 heavy (non-hydrogen) atoms. The number of nitrogens with zero attached hydrogens (tertiary/aromatic N) is 1. The summed E-state index contributed by atoms with van der Waals surface area (Å²) in [5.41, 5.74) is 3.71. The normalized spacial score (nSPS) is 13.2. The van der Waals surface area contributed by atoms with Crippen molar-refractivity contribution in [2.45, 2.75) is 31.2 Å². The van der Waals surface area contributed by atoms with Crippen LogP contribution in [0.1, 0.15) is 23.3 Å². The van der Waals surface area contributed by atoms with Gasteiger partial charge < -0.3 is 15.1 Å². The van der Waals surface area contributed by atoms with E-state index in [0.29, 0.717) is 30.0 Å². The van der Waals surface area contributed by atoms with Gasteiger partial charge in [0.1, 0.15) is 16.4 Å². The van der Waals surface area contributed by atoms with Crippen LogP contribution in [0.5, 0.6) is 0 Å². The Hall–Kier alpha value is -4.56. The highest BCUT2D eigenvalue weighted by molar-refractivity contribution is 8.04. The fraction of sp³-hybridized carbons (Fsp3) is 0.129. The topological polar surface area (TPSA) is 91.7 Å². The van der Waals surface area contributed by atoms with Crippen LogP contribution < -0.4 is 10.6 Å². The average molecular weight is 538 g/mol. The molecule has 1 aliphatic rings. The molecule has 3 amide bonds. The van der Waals surface area contributed by atoms with E-state index in [9.17, 15) is 14.4 Å². The zero-order valence-corrected chi connectivity index (χ0v) is 22.2. The lowest BCUT2D eigenvalue weighted by atomic mass is 10.1. The summed E-state index contributed by atoms with van der Waals surface area (Å²) in [4.78, 5) is 41.6. The van der Waals surface area contributed by atoms with Gasteiger partial charge in [0.05, 0.1) is 12.8 Å². The Bertz CT molecular complexity index is 1510. The van der Waals surface area contributed by atoms with E-state index in [1.165, 1.54) is 22.9 Å². The van der Waals surface area contributed by atoms with Gasteiger partial charge in [-0.05, 0) is 61.4 Å². The van der Waals surface area contributed by atoms with E-state index >= 15 is 0 Å². The first kappa shape index (κ1) is 26.1. The van der Waals surface area contributed by atoms with Gasteiger partial charge >= 0.3 is 0 Å². The number of hydrogen-bond donors (Lipinski definition) is 2. The highest BCUT2D eigenvalue weighted by Gasteiger charge is 2.39. The third kappa shape index (κ3) is 6.48. The van der Waals surface area contributed by atoms with Crippen molar-refractivity contribution >= 4 is 40.9 Å². The number of hydrogen-bond acceptors (Lipinski definition) is 6. The minimum Gasteiger partial charge on any atom is -0.467 e. The van der Waals surface area contributed by atoms with E-state index in [1.54, 1.807) is 24.3 Å². The van der Waals surface area contributed by atoms with Gasteiger partial charge in [-0.25, -0.2) is 0 Å². The van der Waals surface area contributed by atoms with E-state index in [0.717, 1.165) is 16.0 Å². The molecule has 1 aromatic heterocycles. The number of rotatable bonds is 10. The first-order chi connectivity index (χ1) is 19.0. The number of benzene rings is 3. The van der Waals surface area contributed by atoms with Crippen LogP contribution in [0.15, 0.2) is 117 Å². The number of furan rings is 1. The zero-order chi connectivity index (χ0) is 27.2. The van der Waals surface area contributed by atoms with Crippen molar-refractivity contribution in [2.24, 2.45) is 0 Å².